The molecule has 2 aliphatic carbocycles. The minimum absolute atomic E-state index is 0.680. The van der Waals surface area contributed by atoms with Crippen LogP contribution < -0.4 is 0 Å². The monoisotopic (exact) mass is 322 g/mol. The van der Waals surface area contributed by atoms with E-state index in [0.717, 1.165) is 24.7 Å². The van der Waals surface area contributed by atoms with E-state index >= 15 is 0 Å². The fourth-order valence-electron chi connectivity index (χ4n) is 2.32. The molecule has 2 aliphatic rings. The van der Waals surface area contributed by atoms with E-state index in [1.54, 1.807) is 0 Å². The Hall–Kier alpha value is -0.380. The molecule has 0 heterocycles. The maximum absolute atomic E-state index is 5.68. The molecule has 0 atom stereocenters. The van der Waals surface area contributed by atoms with Gasteiger partial charge >= 0.3 is 0 Å². The first-order valence-electron chi connectivity index (χ1n) is 7.88. The van der Waals surface area contributed by atoms with Crippen LogP contribution in [0.3, 0.4) is 0 Å². The summed E-state index contributed by atoms with van der Waals surface area (Å²) in [6, 6.07) is 0. The lowest BCUT2D eigenvalue weighted by Crippen LogP contribution is -2.03. The summed E-state index contributed by atoms with van der Waals surface area (Å²) in [4.78, 5) is 0. The van der Waals surface area contributed by atoms with Gasteiger partial charge in [0.2, 0.25) is 0 Å². The van der Waals surface area contributed by atoms with Crippen molar-refractivity contribution in [3.05, 3.63) is 48.6 Å². The highest BCUT2D eigenvalue weighted by Crippen LogP contribution is 2.17. The third-order valence-corrected chi connectivity index (χ3v) is 5.55. The Balaban J connectivity index is 1.28. The predicted octanol–water partition coefficient (Wildman–Crippen LogP) is 4.73. The zero-order valence-corrected chi connectivity index (χ0v) is 14.3. The van der Waals surface area contributed by atoms with Gasteiger partial charge in [0.05, 0.1) is 13.2 Å². The van der Waals surface area contributed by atoms with Gasteiger partial charge in [-0.2, -0.15) is 23.5 Å². The summed E-state index contributed by atoms with van der Waals surface area (Å²) >= 11 is 4.02. The fourth-order valence-corrected chi connectivity index (χ4v) is 4.08. The van der Waals surface area contributed by atoms with E-state index < -0.39 is 0 Å². The average Bonchev–Trinajstić information content (AvgIpc) is 3.18. The number of hydrogen-bond donors (Lipinski definition) is 0. The van der Waals surface area contributed by atoms with Gasteiger partial charge in [0.25, 0.3) is 0 Å². The molecule has 3 heteroatoms. The van der Waals surface area contributed by atoms with E-state index in [1.807, 2.05) is 23.5 Å². The first kappa shape index (κ1) is 17.0. The second-order valence-corrected chi connectivity index (χ2v) is 7.73. The molecular formula is C18H26OS2. The standard InChI is InChI=1S/C18H26OS2/c1-2-6-17(5-1)9-13-20-15-11-19-12-16-21-14-10-18-7-3-4-8-18/h1-8,17-18H,9-16H2. The van der Waals surface area contributed by atoms with Crippen LogP contribution in [0, 0.1) is 11.8 Å². The van der Waals surface area contributed by atoms with Gasteiger partial charge in [-0.25, -0.2) is 0 Å². The summed E-state index contributed by atoms with van der Waals surface area (Å²) in [6.07, 6.45) is 20.2. The third kappa shape index (κ3) is 7.98. The van der Waals surface area contributed by atoms with Gasteiger partial charge in [-0.05, 0) is 36.2 Å². The summed E-state index contributed by atoms with van der Waals surface area (Å²) in [5.74, 6) is 6.09. The van der Waals surface area contributed by atoms with Crippen LogP contribution in [-0.4, -0.2) is 36.2 Å². The predicted molar refractivity (Wildman–Crippen MR) is 98.2 cm³/mol. The topological polar surface area (TPSA) is 9.23 Å². The molecule has 0 N–H and O–H groups in total. The first-order chi connectivity index (χ1) is 10.4. The van der Waals surface area contributed by atoms with Crippen molar-refractivity contribution in [2.75, 3.05) is 36.2 Å². The molecule has 0 aromatic heterocycles. The van der Waals surface area contributed by atoms with Crippen LogP contribution in [0.15, 0.2) is 48.6 Å². The zero-order valence-electron chi connectivity index (χ0n) is 12.7. The molecule has 116 valence electrons. The largest absolute Gasteiger partial charge is 0.380 e. The number of thioether (sulfide) groups is 2. The van der Waals surface area contributed by atoms with E-state index in [2.05, 4.69) is 48.6 Å². The van der Waals surface area contributed by atoms with E-state index in [-0.39, 0.29) is 0 Å². The van der Waals surface area contributed by atoms with Crippen LogP contribution in [0.2, 0.25) is 0 Å². The lowest BCUT2D eigenvalue weighted by atomic mass is 10.1. The van der Waals surface area contributed by atoms with Crippen molar-refractivity contribution >= 4 is 23.5 Å². The molecule has 0 fully saturated rings. The summed E-state index contributed by atoms with van der Waals surface area (Å²) in [7, 11) is 0. The van der Waals surface area contributed by atoms with Crippen molar-refractivity contribution in [3.8, 4) is 0 Å². The summed E-state index contributed by atoms with van der Waals surface area (Å²) in [6.45, 7) is 1.80. The molecule has 0 spiro atoms. The smallest absolute Gasteiger partial charge is 0.0557 e. The molecule has 0 amide bonds. The Morgan fingerprint density at radius 1 is 0.619 bits per heavy atom. The van der Waals surface area contributed by atoms with Gasteiger partial charge in [0, 0.05) is 11.5 Å². The minimum Gasteiger partial charge on any atom is -0.380 e. The molecule has 21 heavy (non-hydrogen) atoms. The minimum atomic E-state index is 0.680. The van der Waals surface area contributed by atoms with Crippen molar-refractivity contribution in [1.82, 2.24) is 0 Å². The van der Waals surface area contributed by atoms with E-state index in [4.69, 9.17) is 4.74 Å². The number of ether oxygens (including phenoxy) is 1. The highest BCUT2D eigenvalue weighted by Gasteiger charge is 2.03. The molecule has 0 aromatic carbocycles. The Morgan fingerprint density at radius 2 is 1.05 bits per heavy atom. The van der Waals surface area contributed by atoms with Crippen molar-refractivity contribution in [2.24, 2.45) is 11.8 Å². The summed E-state index contributed by atoms with van der Waals surface area (Å²) in [5, 5.41) is 0. The van der Waals surface area contributed by atoms with E-state index in [0.29, 0.717) is 11.8 Å². The van der Waals surface area contributed by atoms with Crippen LogP contribution in [0.1, 0.15) is 12.8 Å². The van der Waals surface area contributed by atoms with Gasteiger partial charge in [-0.3, -0.25) is 0 Å². The quantitative estimate of drug-likeness (QED) is 0.481. The van der Waals surface area contributed by atoms with Crippen molar-refractivity contribution < 1.29 is 4.74 Å². The summed E-state index contributed by atoms with van der Waals surface area (Å²) < 4.78 is 5.68. The first-order valence-corrected chi connectivity index (χ1v) is 10.2. The van der Waals surface area contributed by atoms with Gasteiger partial charge in [-0.1, -0.05) is 48.6 Å². The van der Waals surface area contributed by atoms with E-state index in [9.17, 15) is 0 Å². The van der Waals surface area contributed by atoms with Crippen molar-refractivity contribution in [1.29, 1.82) is 0 Å². The molecular weight excluding hydrogens is 296 g/mol. The Kier molecular flexibility index (Phi) is 9.07. The normalized spacial score (nSPS) is 17.5. The van der Waals surface area contributed by atoms with Crippen LogP contribution in [-0.2, 0) is 4.74 Å². The van der Waals surface area contributed by atoms with Crippen LogP contribution in [0.4, 0.5) is 0 Å². The molecule has 0 saturated heterocycles. The van der Waals surface area contributed by atoms with Gasteiger partial charge in [0.15, 0.2) is 0 Å². The number of allylic oxidation sites excluding steroid dienone is 8. The van der Waals surface area contributed by atoms with Crippen LogP contribution in [0.25, 0.3) is 0 Å². The lowest BCUT2D eigenvalue weighted by molar-refractivity contribution is 0.167. The molecule has 0 aromatic rings. The van der Waals surface area contributed by atoms with Gasteiger partial charge < -0.3 is 4.74 Å². The maximum atomic E-state index is 5.68. The molecule has 0 bridgehead atoms. The summed E-state index contributed by atoms with van der Waals surface area (Å²) in [5.41, 5.74) is 0. The van der Waals surface area contributed by atoms with Gasteiger partial charge in [-0.15, -0.1) is 0 Å². The average molecular weight is 323 g/mol. The second-order valence-electron chi connectivity index (χ2n) is 5.28. The molecule has 0 unspecified atom stereocenters. The zero-order chi connectivity index (χ0) is 14.6. The second kappa shape index (κ2) is 11.2. The fraction of sp³-hybridized carbons (Fsp3) is 0.556. The highest BCUT2D eigenvalue weighted by atomic mass is 32.2. The third-order valence-electron chi connectivity index (χ3n) is 3.59. The molecule has 0 saturated carbocycles. The number of rotatable bonds is 12. The van der Waals surface area contributed by atoms with Crippen LogP contribution in [0.5, 0.6) is 0 Å². The molecule has 0 radical (unpaired) electrons. The molecule has 2 rings (SSSR count). The van der Waals surface area contributed by atoms with Crippen molar-refractivity contribution in [2.45, 2.75) is 12.8 Å². The lowest BCUT2D eigenvalue weighted by Gasteiger charge is -2.07. The number of hydrogen-bond acceptors (Lipinski definition) is 3. The Morgan fingerprint density at radius 3 is 1.48 bits per heavy atom. The highest BCUT2D eigenvalue weighted by molar-refractivity contribution is 7.99. The van der Waals surface area contributed by atoms with Crippen LogP contribution >= 0.6 is 23.5 Å². The van der Waals surface area contributed by atoms with Gasteiger partial charge in [0.1, 0.15) is 0 Å². The van der Waals surface area contributed by atoms with E-state index in [1.165, 1.54) is 24.3 Å². The molecule has 1 nitrogen and oxygen atoms in total. The van der Waals surface area contributed by atoms with Crippen molar-refractivity contribution in [3.63, 3.8) is 0 Å². The Labute approximate surface area is 138 Å². The maximum Gasteiger partial charge on any atom is 0.0557 e. The Bertz CT molecular complexity index is 325. The SMILES string of the molecule is C1=CC(CCSCCOCCSCCC2C=CC=C2)C=C1. The molecule has 0 aliphatic heterocycles.